The van der Waals surface area contributed by atoms with Gasteiger partial charge in [0, 0.05) is 25.7 Å². The first kappa shape index (κ1) is 29.9. The number of carbonyl (C=O) groups excluding carboxylic acids is 2. The molecule has 8 nitrogen and oxygen atoms in total. The number of amides is 2. The number of halogens is 1. The molecule has 1 aliphatic heterocycles. The summed E-state index contributed by atoms with van der Waals surface area (Å²) in [6.45, 7) is 3.42. The van der Waals surface area contributed by atoms with Gasteiger partial charge in [-0.1, -0.05) is 42.5 Å². The molecule has 0 saturated carbocycles. The van der Waals surface area contributed by atoms with Crippen LogP contribution in [0.1, 0.15) is 31.7 Å². The van der Waals surface area contributed by atoms with Crippen LogP contribution in [0.3, 0.4) is 0 Å². The summed E-state index contributed by atoms with van der Waals surface area (Å²) in [5.41, 5.74) is 6.95. The molecule has 198 valence electrons. The summed E-state index contributed by atoms with van der Waals surface area (Å²) in [5.74, 6) is -0.794. The quantitative estimate of drug-likeness (QED) is 0.382. The highest BCUT2D eigenvalue weighted by atomic mass is 35.5. The van der Waals surface area contributed by atoms with Crippen LogP contribution in [0.25, 0.3) is 10.8 Å². The molecule has 0 spiro atoms. The summed E-state index contributed by atoms with van der Waals surface area (Å²) < 4.78 is 0. The lowest BCUT2D eigenvalue weighted by Gasteiger charge is -2.32. The van der Waals surface area contributed by atoms with E-state index in [1.54, 1.807) is 18.7 Å². The first-order chi connectivity index (χ1) is 16.8. The molecule has 3 rings (SSSR count). The molecular weight excluding hydrogens is 500 g/mol. The molecular formula is C26H37ClN4O4S. The first-order valence-electron chi connectivity index (χ1n) is 12.1. The Bertz CT molecular complexity index is 1030. The number of aliphatic carboxylic acids is 1. The van der Waals surface area contributed by atoms with Crippen LogP contribution < -0.4 is 11.1 Å². The largest absolute Gasteiger partial charge is 0.480 e. The molecule has 3 atom stereocenters. The van der Waals surface area contributed by atoms with Gasteiger partial charge in [-0.2, -0.15) is 11.8 Å². The highest BCUT2D eigenvalue weighted by Crippen LogP contribution is 2.23. The molecule has 0 aromatic heterocycles. The van der Waals surface area contributed by atoms with Crippen molar-refractivity contribution in [1.82, 2.24) is 15.1 Å². The minimum atomic E-state index is -1.03. The molecule has 1 aliphatic rings. The number of fused-ring (bicyclic) bond motifs is 1. The maximum atomic E-state index is 13.0. The second kappa shape index (κ2) is 14.4. The third-order valence-corrected chi connectivity index (χ3v) is 7.05. The van der Waals surface area contributed by atoms with Crippen molar-refractivity contribution in [3.8, 4) is 0 Å². The molecule has 0 unspecified atom stereocenters. The number of nitrogens with two attached hydrogens (primary N) is 1. The van der Waals surface area contributed by atoms with Crippen molar-refractivity contribution in [3.05, 3.63) is 48.0 Å². The maximum absolute atomic E-state index is 13.0. The molecule has 2 aromatic carbocycles. The number of likely N-dealkylation sites (tertiary alicyclic amines) is 1. The van der Waals surface area contributed by atoms with E-state index in [1.807, 2.05) is 40.3 Å². The molecule has 36 heavy (non-hydrogen) atoms. The van der Waals surface area contributed by atoms with E-state index in [-0.39, 0.29) is 36.8 Å². The number of carbonyl (C=O) groups is 3. The summed E-state index contributed by atoms with van der Waals surface area (Å²) in [6, 6.07) is 12.7. The van der Waals surface area contributed by atoms with Gasteiger partial charge in [0.05, 0.1) is 12.6 Å². The van der Waals surface area contributed by atoms with E-state index >= 15 is 0 Å². The van der Waals surface area contributed by atoms with Gasteiger partial charge in [-0.25, -0.2) is 4.79 Å². The Hall–Kier alpha value is -2.33. The number of carboxylic acid groups (broad SMARTS) is 1. The predicted molar refractivity (Wildman–Crippen MR) is 147 cm³/mol. The van der Waals surface area contributed by atoms with E-state index in [1.165, 1.54) is 0 Å². The van der Waals surface area contributed by atoms with Crippen LogP contribution in [0.15, 0.2) is 42.5 Å². The zero-order valence-corrected chi connectivity index (χ0v) is 22.5. The van der Waals surface area contributed by atoms with Crippen molar-refractivity contribution in [2.75, 3.05) is 31.6 Å². The molecule has 2 aromatic rings. The number of thioether (sulfide) groups is 1. The number of nitrogens with zero attached hydrogens (tertiary/aromatic N) is 2. The molecule has 0 aliphatic carbocycles. The smallest absolute Gasteiger partial charge is 0.326 e. The van der Waals surface area contributed by atoms with Gasteiger partial charge in [-0.15, -0.1) is 12.4 Å². The second-order valence-corrected chi connectivity index (χ2v) is 10.1. The fourth-order valence-electron chi connectivity index (χ4n) is 4.67. The zero-order valence-electron chi connectivity index (χ0n) is 20.9. The van der Waals surface area contributed by atoms with E-state index in [0.29, 0.717) is 31.8 Å². The monoisotopic (exact) mass is 536 g/mol. The highest BCUT2D eigenvalue weighted by Gasteiger charge is 2.32. The lowest BCUT2D eigenvalue weighted by atomic mass is 10.0. The molecule has 10 heteroatoms. The number of nitrogens with one attached hydrogen (secondary N) is 1. The lowest BCUT2D eigenvalue weighted by molar-refractivity contribution is -0.142. The molecule has 0 bridgehead atoms. The summed E-state index contributed by atoms with van der Waals surface area (Å²) in [5, 5.41) is 14.4. The Morgan fingerprint density at radius 1 is 1.22 bits per heavy atom. The van der Waals surface area contributed by atoms with Gasteiger partial charge in [0.15, 0.2) is 0 Å². The van der Waals surface area contributed by atoms with Crippen LogP contribution in [0, 0.1) is 0 Å². The van der Waals surface area contributed by atoms with Crippen LogP contribution in [0.5, 0.6) is 0 Å². The lowest BCUT2D eigenvalue weighted by Crippen LogP contribution is -2.50. The molecule has 0 radical (unpaired) electrons. The number of hydrogen-bond acceptors (Lipinski definition) is 6. The van der Waals surface area contributed by atoms with E-state index in [4.69, 9.17) is 5.73 Å². The van der Waals surface area contributed by atoms with Crippen LogP contribution in [-0.4, -0.2) is 82.5 Å². The Morgan fingerprint density at radius 2 is 1.94 bits per heavy atom. The van der Waals surface area contributed by atoms with E-state index in [9.17, 15) is 19.5 Å². The van der Waals surface area contributed by atoms with Gasteiger partial charge in [-0.05, 0) is 54.5 Å². The van der Waals surface area contributed by atoms with Crippen molar-refractivity contribution in [2.24, 2.45) is 5.73 Å². The number of rotatable bonds is 12. The third kappa shape index (κ3) is 8.09. The van der Waals surface area contributed by atoms with Gasteiger partial charge >= 0.3 is 5.97 Å². The number of carboxylic acids is 1. The molecule has 4 N–H and O–H groups in total. The van der Waals surface area contributed by atoms with Crippen molar-refractivity contribution in [3.63, 3.8) is 0 Å². The Kier molecular flexibility index (Phi) is 12.0. The van der Waals surface area contributed by atoms with E-state index in [2.05, 4.69) is 23.5 Å². The van der Waals surface area contributed by atoms with Gasteiger partial charge in [0.2, 0.25) is 11.8 Å². The molecule has 1 saturated heterocycles. The van der Waals surface area contributed by atoms with Gasteiger partial charge in [0.1, 0.15) is 6.04 Å². The summed E-state index contributed by atoms with van der Waals surface area (Å²) >= 11 is 1.54. The molecule has 1 heterocycles. The van der Waals surface area contributed by atoms with Crippen molar-refractivity contribution < 1.29 is 19.5 Å². The Morgan fingerprint density at radius 3 is 2.64 bits per heavy atom. The third-order valence-electron chi connectivity index (χ3n) is 6.40. The highest BCUT2D eigenvalue weighted by molar-refractivity contribution is 7.98. The number of hydrogen-bond donors (Lipinski definition) is 3. The van der Waals surface area contributed by atoms with E-state index < -0.39 is 18.1 Å². The topological polar surface area (TPSA) is 116 Å². The summed E-state index contributed by atoms with van der Waals surface area (Å²) in [6.07, 6.45) is 4.01. The fourth-order valence-corrected chi connectivity index (χ4v) is 5.14. The van der Waals surface area contributed by atoms with Crippen LogP contribution >= 0.6 is 24.2 Å². The average molecular weight is 537 g/mol. The Balaban J connectivity index is 0.00000456. The van der Waals surface area contributed by atoms with Crippen LogP contribution in [-0.2, 0) is 20.9 Å². The average Bonchev–Trinajstić information content (AvgIpc) is 3.29. The fraction of sp³-hybridized carbons (Fsp3) is 0.500. The second-order valence-electron chi connectivity index (χ2n) is 9.16. The van der Waals surface area contributed by atoms with Gasteiger partial charge < -0.3 is 21.1 Å². The number of benzene rings is 2. The standard InChI is InChI=1S/C26H36N4O4S.ClH/c1-18(27)25(32)30-13-6-10-21(30)16-29(17-24(31)28-23(26(33)34)12-14-35-2)15-20-9-5-8-19-7-3-4-11-22(19)20;/h3-5,7-9,11,18,21,23H,6,10,12-17,27H2,1-2H3,(H,28,31)(H,33,34);1H/t18-,21+,23+;/m1./s1. The van der Waals surface area contributed by atoms with Crippen LogP contribution in [0.2, 0.25) is 0 Å². The van der Waals surface area contributed by atoms with Gasteiger partial charge in [0.25, 0.3) is 0 Å². The molecule has 1 fully saturated rings. The predicted octanol–water partition coefficient (Wildman–Crippen LogP) is 2.72. The normalized spacial score (nSPS) is 17.0. The molecule has 2 amide bonds. The zero-order chi connectivity index (χ0) is 25.4. The van der Waals surface area contributed by atoms with Crippen molar-refractivity contribution >= 4 is 52.7 Å². The summed E-state index contributed by atoms with van der Waals surface area (Å²) in [4.78, 5) is 41.1. The minimum absolute atomic E-state index is 0. The minimum Gasteiger partial charge on any atom is -0.480 e. The van der Waals surface area contributed by atoms with Gasteiger partial charge in [-0.3, -0.25) is 14.5 Å². The first-order valence-corrected chi connectivity index (χ1v) is 13.5. The van der Waals surface area contributed by atoms with E-state index in [0.717, 1.165) is 29.2 Å². The summed E-state index contributed by atoms with van der Waals surface area (Å²) in [7, 11) is 0. The van der Waals surface area contributed by atoms with Crippen molar-refractivity contribution in [2.45, 2.75) is 50.9 Å². The SMILES string of the molecule is CSCC[C@H](NC(=O)CN(Cc1cccc2ccccc12)C[C@@H]1CCCN1C(=O)[C@@H](C)N)C(=O)O.Cl. The van der Waals surface area contributed by atoms with Crippen molar-refractivity contribution in [1.29, 1.82) is 0 Å². The van der Waals surface area contributed by atoms with Crippen LogP contribution in [0.4, 0.5) is 0 Å². The maximum Gasteiger partial charge on any atom is 0.326 e. The Labute approximate surface area is 223 Å².